The highest BCUT2D eigenvalue weighted by atomic mass is 16.3. The Hall–Kier alpha value is -1.26. The van der Waals surface area contributed by atoms with Gasteiger partial charge in [-0.25, -0.2) is 0 Å². The average Bonchev–Trinajstić information content (AvgIpc) is 2.99. The minimum Gasteiger partial charge on any atom is -0.392 e. The van der Waals surface area contributed by atoms with Crippen LogP contribution < -0.4 is 0 Å². The highest BCUT2D eigenvalue weighted by Crippen LogP contribution is 2.42. The third-order valence-corrected chi connectivity index (χ3v) is 2.51. The molecule has 0 heterocycles. The fourth-order valence-electron chi connectivity index (χ4n) is 1.66. The number of hydrogen-bond donors (Lipinski definition) is 1. The van der Waals surface area contributed by atoms with Crippen molar-refractivity contribution in [3.8, 4) is 12.3 Å². The van der Waals surface area contributed by atoms with E-state index in [1.54, 1.807) is 0 Å². The van der Waals surface area contributed by atoms with Crippen molar-refractivity contribution in [2.75, 3.05) is 0 Å². The molecule has 0 unspecified atom stereocenters. The van der Waals surface area contributed by atoms with Gasteiger partial charge in [-0.1, -0.05) is 24.1 Å². The van der Waals surface area contributed by atoms with Crippen LogP contribution in [0.2, 0.25) is 0 Å². The Bertz CT molecular complexity index is 356. The van der Waals surface area contributed by atoms with Gasteiger partial charge in [0.1, 0.15) is 0 Å². The predicted molar refractivity (Wildman–Crippen MR) is 52.3 cm³/mol. The first kappa shape index (κ1) is 8.34. The van der Waals surface area contributed by atoms with Crippen molar-refractivity contribution in [3.05, 3.63) is 34.9 Å². The highest BCUT2D eigenvalue weighted by Gasteiger charge is 2.26. The molecule has 0 aliphatic heterocycles. The van der Waals surface area contributed by atoms with E-state index in [0.717, 1.165) is 11.1 Å². The quantitative estimate of drug-likeness (QED) is 0.677. The molecular formula is C12H12O. The second-order valence-electron chi connectivity index (χ2n) is 3.46. The molecule has 0 radical (unpaired) electrons. The topological polar surface area (TPSA) is 20.2 Å². The van der Waals surface area contributed by atoms with E-state index in [0.29, 0.717) is 5.92 Å². The predicted octanol–water partition coefficient (Wildman–Crippen LogP) is 2.04. The van der Waals surface area contributed by atoms with Gasteiger partial charge in [-0.3, -0.25) is 0 Å². The maximum atomic E-state index is 9.08. The van der Waals surface area contributed by atoms with Crippen molar-refractivity contribution in [3.63, 3.8) is 0 Å². The maximum absolute atomic E-state index is 9.08. The van der Waals surface area contributed by atoms with Crippen LogP contribution in [0, 0.1) is 12.3 Å². The van der Waals surface area contributed by atoms with Gasteiger partial charge in [0.15, 0.2) is 0 Å². The Morgan fingerprint density at radius 2 is 2.23 bits per heavy atom. The summed E-state index contributed by atoms with van der Waals surface area (Å²) in [6, 6.07) is 5.94. The normalized spacial score (nSPS) is 15.4. The lowest BCUT2D eigenvalue weighted by molar-refractivity contribution is 0.281. The maximum Gasteiger partial charge on any atom is 0.0694 e. The summed E-state index contributed by atoms with van der Waals surface area (Å²) in [5, 5.41) is 9.08. The van der Waals surface area contributed by atoms with E-state index in [-0.39, 0.29) is 6.61 Å². The van der Waals surface area contributed by atoms with Gasteiger partial charge in [0.2, 0.25) is 0 Å². The third kappa shape index (κ3) is 1.46. The monoisotopic (exact) mass is 172 g/mol. The number of hydrogen-bond acceptors (Lipinski definition) is 1. The molecule has 1 fully saturated rings. The van der Waals surface area contributed by atoms with E-state index in [2.05, 4.69) is 12.0 Å². The number of rotatable bonds is 2. The number of terminal acetylenes is 1. The van der Waals surface area contributed by atoms with Crippen LogP contribution in [-0.4, -0.2) is 5.11 Å². The minimum atomic E-state index is 0.0418. The molecule has 66 valence electrons. The summed E-state index contributed by atoms with van der Waals surface area (Å²) in [4.78, 5) is 0. The summed E-state index contributed by atoms with van der Waals surface area (Å²) in [7, 11) is 0. The van der Waals surface area contributed by atoms with E-state index in [9.17, 15) is 0 Å². The smallest absolute Gasteiger partial charge is 0.0694 e. The van der Waals surface area contributed by atoms with Gasteiger partial charge in [0.05, 0.1) is 6.61 Å². The lowest BCUT2D eigenvalue weighted by atomic mass is 9.99. The molecule has 0 spiro atoms. The summed E-state index contributed by atoms with van der Waals surface area (Å²) in [5.74, 6) is 3.33. The van der Waals surface area contributed by atoms with Crippen molar-refractivity contribution in [2.24, 2.45) is 0 Å². The van der Waals surface area contributed by atoms with Gasteiger partial charge in [0.25, 0.3) is 0 Å². The Labute approximate surface area is 78.4 Å². The standard InChI is InChI=1S/C12H12O/c1-2-11-10(8-13)4-3-5-12(11)9-6-7-9/h1,3-5,9,13H,6-8H2. The average molecular weight is 172 g/mol. The molecule has 1 saturated carbocycles. The number of aliphatic hydroxyl groups excluding tert-OH is 1. The largest absolute Gasteiger partial charge is 0.392 e. The Morgan fingerprint density at radius 3 is 2.77 bits per heavy atom. The lowest BCUT2D eigenvalue weighted by Crippen LogP contribution is -1.94. The zero-order chi connectivity index (χ0) is 9.26. The van der Waals surface area contributed by atoms with Crippen LogP contribution in [0.3, 0.4) is 0 Å². The van der Waals surface area contributed by atoms with E-state index in [1.807, 2.05) is 12.1 Å². The molecular weight excluding hydrogens is 160 g/mol. The molecule has 0 saturated heterocycles. The molecule has 1 aromatic carbocycles. The molecule has 1 aromatic rings. The first-order valence-corrected chi connectivity index (χ1v) is 4.56. The van der Waals surface area contributed by atoms with Crippen LogP contribution in [0.25, 0.3) is 0 Å². The molecule has 2 rings (SSSR count). The van der Waals surface area contributed by atoms with E-state index in [4.69, 9.17) is 11.5 Å². The van der Waals surface area contributed by atoms with Gasteiger partial charge < -0.3 is 5.11 Å². The van der Waals surface area contributed by atoms with Crippen molar-refractivity contribution in [1.82, 2.24) is 0 Å². The number of aliphatic hydroxyl groups is 1. The Morgan fingerprint density at radius 1 is 1.46 bits per heavy atom. The van der Waals surface area contributed by atoms with Gasteiger partial charge in [-0.05, 0) is 29.9 Å². The molecule has 1 aliphatic rings. The van der Waals surface area contributed by atoms with Gasteiger partial charge >= 0.3 is 0 Å². The van der Waals surface area contributed by atoms with Crippen molar-refractivity contribution >= 4 is 0 Å². The Kier molecular flexibility index (Phi) is 2.08. The molecule has 1 N–H and O–H groups in total. The molecule has 0 amide bonds. The van der Waals surface area contributed by atoms with Crippen LogP contribution >= 0.6 is 0 Å². The third-order valence-electron chi connectivity index (χ3n) is 2.51. The summed E-state index contributed by atoms with van der Waals surface area (Å²) < 4.78 is 0. The van der Waals surface area contributed by atoms with Crippen LogP contribution in [-0.2, 0) is 6.61 Å². The molecule has 13 heavy (non-hydrogen) atoms. The SMILES string of the molecule is C#Cc1c(CO)cccc1C1CC1. The van der Waals surface area contributed by atoms with Gasteiger partial charge in [-0.2, -0.15) is 0 Å². The van der Waals surface area contributed by atoms with Gasteiger partial charge in [-0.15, -0.1) is 6.42 Å². The Balaban J connectivity index is 2.49. The first-order chi connectivity index (χ1) is 6.36. The fraction of sp³-hybridized carbons (Fsp3) is 0.333. The number of benzene rings is 1. The van der Waals surface area contributed by atoms with E-state index < -0.39 is 0 Å². The van der Waals surface area contributed by atoms with Crippen LogP contribution in [0.15, 0.2) is 18.2 Å². The van der Waals surface area contributed by atoms with Crippen LogP contribution in [0.4, 0.5) is 0 Å². The molecule has 1 aliphatic carbocycles. The fourth-order valence-corrected chi connectivity index (χ4v) is 1.66. The van der Waals surface area contributed by atoms with Crippen LogP contribution in [0.1, 0.15) is 35.4 Å². The lowest BCUT2D eigenvalue weighted by Gasteiger charge is -2.06. The zero-order valence-corrected chi connectivity index (χ0v) is 7.46. The molecule has 0 bridgehead atoms. The van der Waals surface area contributed by atoms with Gasteiger partial charge in [0, 0.05) is 5.56 Å². The zero-order valence-electron chi connectivity index (χ0n) is 7.46. The molecule has 0 aromatic heterocycles. The highest BCUT2D eigenvalue weighted by molar-refractivity contribution is 5.48. The van der Waals surface area contributed by atoms with Crippen molar-refractivity contribution in [1.29, 1.82) is 0 Å². The summed E-state index contributed by atoms with van der Waals surface area (Å²) in [6.07, 6.45) is 7.91. The van der Waals surface area contributed by atoms with E-state index >= 15 is 0 Å². The van der Waals surface area contributed by atoms with Crippen LogP contribution in [0.5, 0.6) is 0 Å². The van der Waals surface area contributed by atoms with Crippen molar-refractivity contribution < 1.29 is 5.11 Å². The molecule has 0 atom stereocenters. The summed E-state index contributed by atoms with van der Waals surface area (Å²) >= 11 is 0. The second-order valence-corrected chi connectivity index (χ2v) is 3.46. The van der Waals surface area contributed by atoms with Crippen molar-refractivity contribution in [2.45, 2.75) is 25.4 Å². The molecule has 1 heteroatoms. The summed E-state index contributed by atoms with van der Waals surface area (Å²) in [6.45, 7) is 0.0418. The van der Waals surface area contributed by atoms with E-state index in [1.165, 1.54) is 18.4 Å². The molecule has 1 nitrogen and oxygen atoms in total. The second kappa shape index (κ2) is 3.24. The summed E-state index contributed by atoms with van der Waals surface area (Å²) in [5.41, 5.74) is 3.04. The first-order valence-electron chi connectivity index (χ1n) is 4.56. The minimum absolute atomic E-state index is 0.0418.